The number of nitrogens with zero attached hydrogens (tertiary/aromatic N) is 1. The topological polar surface area (TPSA) is 114 Å². The van der Waals surface area contributed by atoms with Gasteiger partial charge in [-0.15, -0.1) is 0 Å². The quantitative estimate of drug-likeness (QED) is 0.436. The number of nitrogens with one attached hydrogen (secondary N) is 2. The summed E-state index contributed by atoms with van der Waals surface area (Å²) in [7, 11) is 0. The Hall–Kier alpha value is -2.42. The first-order chi connectivity index (χ1) is 12.8. The van der Waals surface area contributed by atoms with E-state index in [2.05, 4.69) is 15.4 Å². The summed E-state index contributed by atoms with van der Waals surface area (Å²) in [6, 6.07) is -1.07. The highest BCUT2D eigenvalue weighted by atomic mass is 16.5. The van der Waals surface area contributed by atoms with Gasteiger partial charge in [0.05, 0.1) is 26.4 Å². The maximum atomic E-state index is 12.4. The van der Waals surface area contributed by atoms with Crippen molar-refractivity contribution in [3.8, 4) is 0 Å². The molecule has 3 amide bonds. The van der Waals surface area contributed by atoms with Crippen LogP contribution < -0.4 is 10.6 Å². The smallest absolute Gasteiger partial charge is 0.330 e. The molecule has 1 fully saturated rings. The van der Waals surface area contributed by atoms with Gasteiger partial charge in [-0.1, -0.05) is 13.8 Å². The van der Waals surface area contributed by atoms with E-state index in [0.29, 0.717) is 32.7 Å². The molecule has 9 nitrogen and oxygen atoms in total. The zero-order chi connectivity index (χ0) is 20.2. The highest BCUT2D eigenvalue weighted by Gasteiger charge is 2.25. The number of ketones is 1. The molecule has 2 N–H and O–H groups in total. The van der Waals surface area contributed by atoms with Crippen molar-refractivity contribution < 1.29 is 28.7 Å². The summed E-state index contributed by atoms with van der Waals surface area (Å²) in [4.78, 5) is 49.2. The van der Waals surface area contributed by atoms with Gasteiger partial charge in [-0.2, -0.15) is 0 Å². The zero-order valence-corrected chi connectivity index (χ0v) is 16.2. The Morgan fingerprint density at radius 1 is 1.15 bits per heavy atom. The molecule has 0 aromatic carbocycles. The monoisotopic (exact) mass is 383 g/mol. The summed E-state index contributed by atoms with van der Waals surface area (Å²) in [6.45, 7) is 7.37. The second-order valence-corrected chi connectivity index (χ2v) is 6.50. The molecule has 1 aliphatic rings. The third kappa shape index (κ3) is 9.18. The van der Waals surface area contributed by atoms with Crippen LogP contribution in [-0.2, 0) is 23.9 Å². The molecule has 0 saturated carbocycles. The van der Waals surface area contributed by atoms with Crippen LogP contribution in [0.5, 0.6) is 0 Å². The van der Waals surface area contributed by atoms with E-state index in [0.717, 1.165) is 12.2 Å². The predicted molar refractivity (Wildman–Crippen MR) is 98.0 cm³/mol. The van der Waals surface area contributed by atoms with Crippen LogP contribution in [0.25, 0.3) is 0 Å². The molecule has 0 bridgehead atoms. The van der Waals surface area contributed by atoms with Gasteiger partial charge in [-0.3, -0.25) is 9.59 Å². The summed E-state index contributed by atoms with van der Waals surface area (Å²) < 4.78 is 9.88. The van der Waals surface area contributed by atoms with Gasteiger partial charge in [0.2, 0.25) is 5.91 Å². The lowest BCUT2D eigenvalue weighted by molar-refractivity contribution is -0.137. The van der Waals surface area contributed by atoms with Crippen LogP contribution in [0.1, 0.15) is 27.2 Å². The van der Waals surface area contributed by atoms with E-state index in [1.807, 2.05) is 13.8 Å². The Labute approximate surface area is 159 Å². The van der Waals surface area contributed by atoms with Crippen molar-refractivity contribution in [3.63, 3.8) is 0 Å². The molecular weight excluding hydrogens is 354 g/mol. The summed E-state index contributed by atoms with van der Waals surface area (Å²) >= 11 is 0. The number of amides is 3. The summed E-state index contributed by atoms with van der Waals surface area (Å²) in [5, 5.41) is 5.23. The van der Waals surface area contributed by atoms with E-state index in [9.17, 15) is 19.2 Å². The summed E-state index contributed by atoms with van der Waals surface area (Å²) in [5.41, 5.74) is 0. The molecule has 1 heterocycles. The maximum Gasteiger partial charge on any atom is 0.330 e. The number of urea groups is 1. The molecule has 0 aromatic rings. The van der Waals surface area contributed by atoms with E-state index in [-0.39, 0.29) is 25.1 Å². The minimum absolute atomic E-state index is 0.171. The van der Waals surface area contributed by atoms with Crippen molar-refractivity contribution in [1.29, 1.82) is 0 Å². The average Bonchev–Trinajstić information content (AvgIpc) is 2.64. The van der Waals surface area contributed by atoms with E-state index >= 15 is 0 Å². The molecule has 152 valence electrons. The van der Waals surface area contributed by atoms with Crippen LogP contribution in [0, 0.1) is 5.92 Å². The van der Waals surface area contributed by atoms with E-state index in [4.69, 9.17) is 4.74 Å². The fourth-order valence-electron chi connectivity index (χ4n) is 2.42. The third-order valence-corrected chi connectivity index (χ3v) is 3.75. The first-order valence-corrected chi connectivity index (χ1v) is 9.12. The summed E-state index contributed by atoms with van der Waals surface area (Å²) in [6.07, 6.45) is 2.51. The molecule has 0 unspecified atom stereocenters. The maximum absolute atomic E-state index is 12.4. The van der Waals surface area contributed by atoms with Crippen LogP contribution in [0.4, 0.5) is 4.79 Å². The Kier molecular flexibility index (Phi) is 10.1. The van der Waals surface area contributed by atoms with Gasteiger partial charge in [0, 0.05) is 19.2 Å². The van der Waals surface area contributed by atoms with Crippen molar-refractivity contribution in [2.45, 2.75) is 33.2 Å². The molecule has 0 radical (unpaired) electrons. The number of ether oxygens (including phenoxy) is 2. The van der Waals surface area contributed by atoms with Gasteiger partial charge in [0.15, 0.2) is 5.78 Å². The number of carbonyl (C=O) groups excluding carboxylic acids is 4. The van der Waals surface area contributed by atoms with Crippen LogP contribution in [0.3, 0.4) is 0 Å². The zero-order valence-electron chi connectivity index (χ0n) is 16.2. The third-order valence-electron chi connectivity index (χ3n) is 3.75. The van der Waals surface area contributed by atoms with Gasteiger partial charge in [-0.05, 0) is 25.3 Å². The van der Waals surface area contributed by atoms with Gasteiger partial charge < -0.3 is 25.0 Å². The SMILES string of the molecule is CCOC(=O)/C=C/C(=O)CNC(=O)[C@H](CC(C)C)NC(=O)N1CCOCC1. The van der Waals surface area contributed by atoms with Gasteiger partial charge >= 0.3 is 12.0 Å². The molecule has 0 aliphatic carbocycles. The standard InChI is InChI=1S/C18H29N3O6/c1-4-27-16(23)6-5-14(22)12-19-17(24)15(11-13(2)3)20-18(25)21-7-9-26-10-8-21/h5-6,13,15H,4,7-12H2,1-3H3,(H,19,24)(H,20,25)/b6-5+/t15-/m0/s1. The number of hydrogen-bond donors (Lipinski definition) is 2. The molecule has 27 heavy (non-hydrogen) atoms. The van der Waals surface area contributed by atoms with Gasteiger partial charge in [0.25, 0.3) is 0 Å². The minimum atomic E-state index is -0.748. The van der Waals surface area contributed by atoms with Crippen LogP contribution in [0.15, 0.2) is 12.2 Å². The normalized spacial score (nSPS) is 15.5. The largest absolute Gasteiger partial charge is 0.463 e. The number of hydrogen-bond acceptors (Lipinski definition) is 6. The van der Waals surface area contributed by atoms with Crippen LogP contribution >= 0.6 is 0 Å². The van der Waals surface area contributed by atoms with E-state index in [1.165, 1.54) is 0 Å². The van der Waals surface area contributed by atoms with Crippen molar-refractivity contribution in [2.75, 3.05) is 39.5 Å². The van der Waals surface area contributed by atoms with Crippen molar-refractivity contribution in [1.82, 2.24) is 15.5 Å². The Bertz CT molecular complexity index is 555. The minimum Gasteiger partial charge on any atom is -0.463 e. The lowest BCUT2D eigenvalue weighted by Gasteiger charge is -2.29. The van der Waals surface area contributed by atoms with Gasteiger partial charge in [-0.25, -0.2) is 9.59 Å². The lowest BCUT2D eigenvalue weighted by atomic mass is 10.0. The molecule has 1 aliphatic heterocycles. The van der Waals surface area contributed by atoms with E-state index in [1.54, 1.807) is 11.8 Å². The molecule has 1 atom stereocenters. The van der Waals surface area contributed by atoms with Crippen molar-refractivity contribution in [3.05, 3.63) is 12.2 Å². The Balaban J connectivity index is 2.54. The van der Waals surface area contributed by atoms with Crippen molar-refractivity contribution >= 4 is 23.7 Å². The Morgan fingerprint density at radius 2 is 1.81 bits per heavy atom. The fourth-order valence-corrected chi connectivity index (χ4v) is 2.42. The second kappa shape index (κ2) is 12.1. The number of carbonyl (C=O) groups is 4. The van der Waals surface area contributed by atoms with Crippen LogP contribution in [-0.4, -0.2) is 74.1 Å². The number of rotatable bonds is 9. The first kappa shape index (κ1) is 22.6. The van der Waals surface area contributed by atoms with Gasteiger partial charge in [0.1, 0.15) is 6.04 Å². The summed E-state index contributed by atoms with van der Waals surface area (Å²) in [5.74, 6) is -1.33. The predicted octanol–water partition coefficient (Wildman–Crippen LogP) is 0.248. The Morgan fingerprint density at radius 3 is 2.41 bits per heavy atom. The molecule has 9 heteroatoms. The first-order valence-electron chi connectivity index (χ1n) is 9.12. The molecule has 0 spiro atoms. The molecular formula is C18H29N3O6. The second-order valence-electron chi connectivity index (χ2n) is 6.50. The molecule has 0 aromatic heterocycles. The van der Waals surface area contributed by atoms with Crippen molar-refractivity contribution in [2.24, 2.45) is 5.92 Å². The highest BCUT2D eigenvalue weighted by molar-refractivity contribution is 5.99. The average molecular weight is 383 g/mol. The molecule has 1 rings (SSSR count). The molecule has 1 saturated heterocycles. The number of esters is 1. The number of morpholine rings is 1. The fraction of sp³-hybridized carbons (Fsp3) is 0.667. The highest BCUT2D eigenvalue weighted by Crippen LogP contribution is 2.07. The lowest BCUT2D eigenvalue weighted by Crippen LogP contribution is -2.54. The van der Waals surface area contributed by atoms with E-state index < -0.39 is 23.7 Å². The van der Waals surface area contributed by atoms with Crippen LogP contribution in [0.2, 0.25) is 0 Å².